The van der Waals surface area contributed by atoms with E-state index in [1.54, 1.807) is 18.3 Å². The van der Waals surface area contributed by atoms with Gasteiger partial charge in [-0.2, -0.15) is 0 Å². The van der Waals surface area contributed by atoms with Crippen molar-refractivity contribution in [3.8, 4) is 0 Å². The van der Waals surface area contributed by atoms with E-state index in [1.165, 1.54) is 4.88 Å². The third-order valence-electron chi connectivity index (χ3n) is 2.15. The van der Waals surface area contributed by atoms with Crippen LogP contribution in [0.4, 0.5) is 0 Å². The van der Waals surface area contributed by atoms with Crippen LogP contribution < -0.4 is 0 Å². The third-order valence-corrected chi connectivity index (χ3v) is 3.01. The van der Waals surface area contributed by atoms with E-state index in [0.717, 1.165) is 13.1 Å². The predicted molar refractivity (Wildman–Crippen MR) is 68.1 cm³/mol. The van der Waals surface area contributed by atoms with E-state index in [0.29, 0.717) is 13.2 Å². The Balaban J connectivity index is 2.04. The van der Waals surface area contributed by atoms with Crippen molar-refractivity contribution in [2.75, 3.05) is 33.4 Å². The zero-order valence-corrected chi connectivity index (χ0v) is 11.2. The largest absolute Gasteiger partial charge is 0.464 e. The van der Waals surface area contributed by atoms with Crippen LogP contribution in [0.15, 0.2) is 17.5 Å². The van der Waals surface area contributed by atoms with Crippen LogP contribution in [-0.4, -0.2) is 44.3 Å². The van der Waals surface area contributed by atoms with Gasteiger partial charge in [0.15, 0.2) is 0 Å². The fraction of sp³-hybridized carbons (Fsp3) is 0.583. The number of ether oxygens (including phenoxy) is 2. The lowest BCUT2D eigenvalue weighted by molar-refractivity contribution is -0.148. The highest BCUT2D eigenvalue weighted by molar-refractivity contribution is 7.09. The van der Waals surface area contributed by atoms with Gasteiger partial charge in [-0.3, -0.25) is 4.90 Å². The van der Waals surface area contributed by atoms with Gasteiger partial charge in [0, 0.05) is 18.0 Å². The van der Waals surface area contributed by atoms with Gasteiger partial charge in [-0.1, -0.05) is 6.07 Å². The van der Waals surface area contributed by atoms with Crippen molar-refractivity contribution >= 4 is 17.3 Å². The first-order valence-corrected chi connectivity index (χ1v) is 6.54. The lowest BCUT2D eigenvalue weighted by Crippen LogP contribution is -2.24. The average Bonchev–Trinajstić information content (AvgIpc) is 2.77. The fourth-order valence-electron chi connectivity index (χ4n) is 1.33. The van der Waals surface area contributed by atoms with Gasteiger partial charge >= 0.3 is 5.97 Å². The minimum atomic E-state index is -0.298. The number of likely N-dealkylation sites (N-methyl/N-ethyl adjacent to an activating group) is 1. The van der Waals surface area contributed by atoms with Gasteiger partial charge in [0.05, 0.1) is 13.2 Å². The van der Waals surface area contributed by atoms with Gasteiger partial charge in [0.2, 0.25) is 0 Å². The molecule has 5 heteroatoms. The summed E-state index contributed by atoms with van der Waals surface area (Å²) in [5.74, 6) is -0.298. The first kappa shape index (κ1) is 14.2. The molecule has 0 aromatic carbocycles. The molecule has 0 aliphatic heterocycles. The lowest BCUT2D eigenvalue weighted by atomic mass is 10.4. The Bertz CT molecular complexity index is 314. The molecule has 0 unspecified atom stereocenters. The summed E-state index contributed by atoms with van der Waals surface area (Å²) in [4.78, 5) is 14.5. The Morgan fingerprint density at radius 3 is 3.00 bits per heavy atom. The molecule has 0 amide bonds. The van der Waals surface area contributed by atoms with Gasteiger partial charge in [-0.15, -0.1) is 11.3 Å². The number of carbonyl (C=O) groups is 1. The SMILES string of the molecule is CCOC(=O)COCCN(C)Cc1cccs1. The molecule has 17 heavy (non-hydrogen) atoms. The van der Waals surface area contributed by atoms with Crippen molar-refractivity contribution in [2.24, 2.45) is 0 Å². The summed E-state index contributed by atoms with van der Waals surface area (Å²) in [5, 5.41) is 2.07. The maximum atomic E-state index is 11.0. The highest BCUT2D eigenvalue weighted by Gasteiger charge is 2.03. The number of hydrogen-bond donors (Lipinski definition) is 0. The molecule has 1 rings (SSSR count). The van der Waals surface area contributed by atoms with Crippen molar-refractivity contribution in [3.05, 3.63) is 22.4 Å². The number of thiophene rings is 1. The molecule has 1 heterocycles. The van der Waals surface area contributed by atoms with Crippen molar-refractivity contribution in [2.45, 2.75) is 13.5 Å². The highest BCUT2D eigenvalue weighted by atomic mass is 32.1. The third kappa shape index (κ3) is 6.41. The van der Waals surface area contributed by atoms with Gasteiger partial charge < -0.3 is 9.47 Å². The number of esters is 1. The molecule has 0 saturated heterocycles. The minimum absolute atomic E-state index is 0.0423. The fourth-order valence-corrected chi connectivity index (χ4v) is 2.11. The summed E-state index contributed by atoms with van der Waals surface area (Å²) >= 11 is 1.75. The molecule has 0 N–H and O–H groups in total. The summed E-state index contributed by atoms with van der Waals surface area (Å²) in [6.45, 7) is 4.49. The molecule has 96 valence electrons. The predicted octanol–water partition coefficient (Wildman–Crippen LogP) is 1.76. The standard InChI is InChI=1S/C12H19NO3S/c1-3-16-12(14)10-15-7-6-13(2)9-11-5-4-8-17-11/h4-5,8H,3,6-7,9-10H2,1-2H3. The van der Waals surface area contributed by atoms with Gasteiger partial charge in [-0.05, 0) is 25.4 Å². The number of rotatable bonds is 8. The molecule has 0 atom stereocenters. The summed E-state index contributed by atoms with van der Waals surface area (Å²) in [7, 11) is 2.04. The van der Waals surface area contributed by atoms with Crippen LogP contribution in [0.2, 0.25) is 0 Å². The van der Waals surface area contributed by atoms with E-state index in [9.17, 15) is 4.79 Å². The molecule has 0 radical (unpaired) electrons. The Kier molecular flexibility index (Phi) is 6.84. The lowest BCUT2D eigenvalue weighted by Gasteiger charge is -2.15. The van der Waals surface area contributed by atoms with Gasteiger partial charge in [0.25, 0.3) is 0 Å². The molecular weight excluding hydrogens is 238 g/mol. The van der Waals surface area contributed by atoms with E-state index in [1.807, 2.05) is 13.1 Å². The number of carbonyl (C=O) groups excluding carboxylic acids is 1. The topological polar surface area (TPSA) is 38.8 Å². The van der Waals surface area contributed by atoms with Crippen molar-refractivity contribution in [1.29, 1.82) is 0 Å². The van der Waals surface area contributed by atoms with Crippen LogP contribution in [0.1, 0.15) is 11.8 Å². The maximum absolute atomic E-state index is 11.0. The number of nitrogens with zero attached hydrogens (tertiary/aromatic N) is 1. The van der Waals surface area contributed by atoms with Crippen LogP contribution in [0, 0.1) is 0 Å². The van der Waals surface area contributed by atoms with Crippen LogP contribution in [0.25, 0.3) is 0 Å². The van der Waals surface area contributed by atoms with Crippen LogP contribution in [0.3, 0.4) is 0 Å². The second kappa shape index (κ2) is 8.22. The monoisotopic (exact) mass is 257 g/mol. The second-order valence-corrected chi connectivity index (χ2v) is 4.71. The normalized spacial score (nSPS) is 10.8. The summed E-state index contributed by atoms with van der Waals surface area (Å²) in [6.07, 6.45) is 0. The molecule has 0 aliphatic rings. The summed E-state index contributed by atoms with van der Waals surface area (Å²) in [6, 6.07) is 4.16. The van der Waals surface area contributed by atoms with Crippen molar-refractivity contribution < 1.29 is 14.3 Å². The molecule has 1 aromatic rings. The molecule has 4 nitrogen and oxygen atoms in total. The van der Waals surface area contributed by atoms with E-state index in [-0.39, 0.29) is 12.6 Å². The summed E-state index contributed by atoms with van der Waals surface area (Å²) < 4.78 is 9.98. The quantitative estimate of drug-likeness (QED) is 0.525. The van der Waals surface area contributed by atoms with Crippen LogP contribution in [-0.2, 0) is 20.8 Å². The van der Waals surface area contributed by atoms with E-state index < -0.39 is 0 Å². The molecule has 0 bridgehead atoms. The molecule has 0 saturated carbocycles. The highest BCUT2D eigenvalue weighted by Crippen LogP contribution is 2.10. The molecule has 0 spiro atoms. The zero-order valence-electron chi connectivity index (χ0n) is 10.3. The van der Waals surface area contributed by atoms with E-state index in [4.69, 9.17) is 9.47 Å². The number of hydrogen-bond acceptors (Lipinski definition) is 5. The maximum Gasteiger partial charge on any atom is 0.332 e. The van der Waals surface area contributed by atoms with E-state index in [2.05, 4.69) is 16.3 Å². The first-order chi connectivity index (χ1) is 8.22. The van der Waals surface area contributed by atoms with Gasteiger partial charge in [-0.25, -0.2) is 4.79 Å². The van der Waals surface area contributed by atoms with Crippen molar-refractivity contribution in [1.82, 2.24) is 4.90 Å². The van der Waals surface area contributed by atoms with Crippen LogP contribution in [0.5, 0.6) is 0 Å². The molecule has 1 aromatic heterocycles. The first-order valence-electron chi connectivity index (χ1n) is 5.66. The Morgan fingerprint density at radius 1 is 1.53 bits per heavy atom. The Labute approximate surface area is 106 Å². The Morgan fingerprint density at radius 2 is 2.35 bits per heavy atom. The minimum Gasteiger partial charge on any atom is -0.464 e. The average molecular weight is 257 g/mol. The van der Waals surface area contributed by atoms with Crippen LogP contribution >= 0.6 is 11.3 Å². The summed E-state index contributed by atoms with van der Waals surface area (Å²) in [5.41, 5.74) is 0. The van der Waals surface area contributed by atoms with E-state index >= 15 is 0 Å². The van der Waals surface area contributed by atoms with Crippen molar-refractivity contribution in [3.63, 3.8) is 0 Å². The molecule has 0 aliphatic carbocycles. The second-order valence-electron chi connectivity index (χ2n) is 3.67. The Hall–Kier alpha value is -0.910. The van der Waals surface area contributed by atoms with Gasteiger partial charge in [0.1, 0.15) is 6.61 Å². The molecule has 0 fully saturated rings. The smallest absolute Gasteiger partial charge is 0.332 e. The zero-order chi connectivity index (χ0) is 12.5. The molecular formula is C12H19NO3S.